The van der Waals surface area contributed by atoms with Crippen molar-refractivity contribution in [2.75, 3.05) is 35.9 Å². The summed E-state index contributed by atoms with van der Waals surface area (Å²) in [5.74, 6) is 2.23. The van der Waals surface area contributed by atoms with E-state index in [-0.39, 0.29) is 17.5 Å². The molecule has 1 fully saturated rings. The van der Waals surface area contributed by atoms with Crippen molar-refractivity contribution in [1.82, 2.24) is 9.97 Å². The van der Waals surface area contributed by atoms with Crippen molar-refractivity contribution in [3.63, 3.8) is 0 Å². The molecule has 7 nitrogen and oxygen atoms in total. The van der Waals surface area contributed by atoms with E-state index in [2.05, 4.69) is 15.3 Å². The minimum Gasteiger partial charge on any atom is -0.495 e. The lowest BCUT2D eigenvalue weighted by molar-refractivity contribution is 0.417. The molecule has 25 heavy (non-hydrogen) atoms. The predicted octanol–water partition coefficient (Wildman–Crippen LogP) is 2.51. The van der Waals surface area contributed by atoms with Gasteiger partial charge in [0.2, 0.25) is 0 Å². The number of ether oxygens (including phenoxy) is 1. The van der Waals surface area contributed by atoms with E-state index < -0.39 is 9.84 Å². The number of nitrogens with zero attached hydrogens (tertiary/aromatic N) is 3. The molecule has 1 N–H and O–H groups in total. The van der Waals surface area contributed by atoms with Gasteiger partial charge in [0.1, 0.15) is 23.7 Å². The zero-order chi connectivity index (χ0) is 18.0. The Bertz CT molecular complexity index is 875. The molecule has 3 rings (SSSR count). The Morgan fingerprint density at radius 2 is 2.12 bits per heavy atom. The third-order valence-corrected chi connectivity index (χ3v) is 6.18. The van der Waals surface area contributed by atoms with Crippen LogP contribution in [0, 0.1) is 0 Å². The van der Waals surface area contributed by atoms with Crippen molar-refractivity contribution in [2.45, 2.75) is 12.5 Å². The molecule has 0 saturated carbocycles. The lowest BCUT2D eigenvalue weighted by Crippen LogP contribution is -2.33. The smallest absolute Gasteiger partial charge is 0.152 e. The molecule has 0 spiro atoms. The lowest BCUT2D eigenvalue weighted by Gasteiger charge is -2.24. The zero-order valence-electron chi connectivity index (χ0n) is 13.9. The molecule has 1 aromatic heterocycles. The number of hydrogen-bond donors (Lipinski definition) is 1. The molecule has 0 bridgehead atoms. The SMILES string of the molecule is COc1ccc(Cl)cc1Nc1cc(N(C)C2CCS(=O)(=O)C2)ncn1. The fraction of sp³-hybridized carbons (Fsp3) is 0.375. The Hall–Kier alpha value is -2.06. The standard InChI is InChI=1S/C16H19ClN4O3S/c1-21(12-5-6-25(22,23)9-12)16-8-15(18-10-19-16)20-13-7-11(17)3-4-14(13)24-2/h3-4,7-8,10,12H,5-6,9H2,1-2H3,(H,18,19,20). The van der Waals surface area contributed by atoms with Crippen LogP contribution in [0.5, 0.6) is 5.75 Å². The first-order valence-electron chi connectivity index (χ1n) is 7.74. The molecule has 9 heteroatoms. The van der Waals surface area contributed by atoms with Gasteiger partial charge in [0, 0.05) is 24.2 Å². The van der Waals surface area contributed by atoms with Gasteiger partial charge in [-0.3, -0.25) is 0 Å². The average molecular weight is 383 g/mol. The maximum absolute atomic E-state index is 11.7. The van der Waals surface area contributed by atoms with E-state index in [9.17, 15) is 8.42 Å². The van der Waals surface area contributed by atoms with Crippen LogP contribution in [0.1, 0.15) is 6.42 Å². The summed E-state index contributed by atoms with van der Waals surface area (Å²) >= 11 is 6.04. The summed E-state index contributed by atoms with van der Waals surface area (Å²) < 4.78 is 28.7. The maximum Gasteiger partial charge on any atom is 0.152 e. The zero-order valence-corrected chi connectivity index (χ0v) is 15.5. The number of methoxy groups -OCH3 is 1. The fourth-order valence-electron chi connectivity index (χ4n) is 2.79. The minimum atomic E-state index is -2.95. The summed E-state index contributed by atoms with van der Waals surface area (Å²) in [7, 11) is 0.470. The molecule has 0 amide bonds. The van der Waals surface area contributed by atoms with Crippen LogP contribution in [-0.2, 0) is 9.84 Å². The molecule has 1 aliphatic heterocycles. The van der Waals surface area contributed by atoms with E-state index >= 15 is 0 Å². The lowest BCUT2D eigenvalue weighted by atomic mass is 10.2. The van der Waals surface area contributed by atoms with Crippen LogP contribution >= 0.6 is 11.6 Å². The molecular formula is C16H19ClN4O3S. The van der Waals surface area contributed by atoms with Crippen molar-refractivity contribution in [2.24, 2.45) is 0 Å². The molecule has 1 atom stereocenters. The number of halogens is 1. The molecular weight excluding hydrogens is 364 g/mol. The topological polar surface area (TPSA) is 84.4 Å². The van der Waals surface area contributed by atoms with Crippen LogP contribution in [0.15, 0.2) is 30.6 Å². The van der Waals surface area contributed by atoms with Crippen molar-refractivity contribution in [1.29, 1.82) is 0 Å². The van der Waals surface area contributed by atoms with Gasteiger partial charge in [-0.15, -0.1) is 0 Å². The van der Waals surface area contributed by atoms with Crippen LogP contribution in [0.25, 0.3) is 0 Å². The summed E-state index contributed by atoms with van der Waals surface area (Å²) in [4.78, 5) is 10.3. The van der Waals surface area contributed by atoms with Crippen molar-refractivity contribution >= 4 is 38.8 Å². The highest BCUT2D eigenvalue weighted by atomic mass is 35.5. The summed E-state index contributed by atoms with van der Waals surface area (Å²) in [6.45, 7) is 0. The highest BCUT2D eigenvalue weighted by Gasteiger charge is 2.31. The number of nitrogens with one attached hydrogen (secondary N) is 1. The number of rotatable bonds is 5. The van der Waals surface area contributed by atoms with Gasteiger partial charge in [0.05, 0.1) is 24.3 Å². The van der Waals surface area contributed by atoms with Gasteiger partial charge < -0.3 is 15.0 Å². The molecule has 0 radical (unpaired) electrons. The molecule has 1 aromatic carbocycles. The number of hydrogen-bond acceptors (Lipinski definition) is 7. The largest absolute Gasteiger partial charge is 0.495 e. The highest BCUT2D eigenvalue weighted by molar-refractivity contribution is 7.91. The van der Waals surface area contributed by atoms with Gasteiger partial charge in [0.25, 0.3) is 0 Å². The van der Waals surface area contributed by atoms with Crippen LogP contribution < -0.4 is 15.0 Å². The van der Waals surface area contributed by atoms with Crippen molar-refractivity contribution in [3.8, 4) is 5.75 Å². The van der Waals surface area contributed by atoms with Gasteiger partial charge in [-0.25, -0.2) is 18.4 Å². The van der Waals surface area contributed by atoms with Gasteiger partial charge in [-0.1, -0.05) is 11.6 Å². The monoisotopic (exact) mass is 382 g/mol. The molecule has 2 heterocycles. The van der Waals surface area contributed by atoms with E-state index in [1.165, 1.54) is 6.33 Å². The molecule has 1 saturated heterocycles. The van der Waals surface area contributed by atoms with Crippen LogP contribution in [0.3, 0.4) is 0 Å². The van der Waals surface area contributed by atoms with Gasteiger partial charge >= 0.3 is 0 Å². The van der Waals surface area contributed by atoms with E-state index in [1.807, 2.05) is 11.9 Å². The summed E-state index contributed by atoms with van der Waals surface area (Å²) in [5.41, 5.74) is 0.686. The Morgan fingerprint density at radius 1 is 1.32 bits per heavy atom. The summed E-state index contributed by atoms with van der Waals surface area (Å²) in [6.07, 6.45) is 2.04. The van der Waals surface area contributed by atoms with E-state index in [4.69, 9.17) is 16.3 Å². The highest BCUT2D eigenvalue weighted by Crippen LogP contribution is 2.31. The van der Waals surface area contributed by atoms with Crippen molar-refractivity contribution < 1.29 is 13.2 Å². The number of aromatic nitrogens is 2. The fourth-order valence-corrected chi connectivity index (χ4v) is 4.74. The molecule has 1 aliphatic rings. The number of anilines is 3. The molecule has 2 aromatic rings. The van der Waals surface area contributed by atoms with E-state index in [0.29, 0.717) is 34.5 Å². The summed E-state index contributed by atoms with van der Waals surface area (Å²) in [6, 6.07) is 6.95. The normalized spacial score (nSPS) is 18.8. The van der Waals surface area contributed by atoms with E-state index in [1.54, 1.807) is 31.4 Å². The van der Waals surface area contributed by atoms with Gasteiger partial charge in [-0.05, 0) is 24.6 Å². The van der Waals surface area contributed by atoms with Gasteiger partial charge in [0.15, 0.2) is 9.84 Å². The Balaban J connectivity index is 1.81. The van der Waals surface area contributed by atoms with Gasteiger partial charge in [-0.2, -0.15) is 0 Å². The van der Waals surface area contributed by atoms with Crippen molar-refractivity contribution in [3.05, 3.63) is 35.6 Å². The third kappa shape index (κ3) is 4.13. The van der Waals surface area contributed by atoms with Crippen LogP contribution in [-0.4, -0.2) is 50.1 Å². The molecule has 134 valence electrons. The number of benzene rings is 1. The first kappa shape index (κ1) is 17.8. The second kappa shape index (κ2) is 7.05. The third-order valence-electron chi connectivity index (χ3n) is 4.19. The Labute approximate surface area is 151 Å². The second-order valence-corrected chi connectivity index (χ2v) is 8.56. The number of sulfone groups is 1. The minimum absolute atomic E-state index is 0.0755. The predicted molar refractivity (Wildman–Crippen MR) is 98.8 cm³/mol. The first-order valence-corrected chi connectivity index (χ1v) is 9.94. The summed E-state index contributed by atoms with van der Waals surface area (Å²) in [5, 5.41) is 3.74. The van der Waals surface area contributed by atoms with Crippen LogP contribution in [0.2, 0.25) is 5.02 Å². The Morgan fingerprint density at radius 3 is 2.80 bits per heavy atom. The average Bonchev–Trinajstić information content (AvgIpc) is 2.95. The quantitative estimate of drug-likeness (QED) is 0.850. The first-order chi connectivity index (χ1) is 11.9. The second-order valence-electron chi connectivity index (χ2n) is 5.90. The van der Waals surface area contributed by atoms with Crippen LogP contribution in [0.4, 0.5) is 17.3 Å². The van der Waals surface area contributed by atoms with E-state index in [0.717, 1.165) is 0 Å². The maximum atomic E-state index is 11.7. The Kier molecular flexibility index (Phi) is 5.01. The molecule has 1 unspecified atom stereocenters. The molecule has 0 aliphatic carbocycles.